The van der Waals surface area contributed by atoms with Gasteiger partial charge in [-0.3, -0.25) is 4.79 Å². The van der Waals surface area contributed by atoms with Crippen molar-refractivity contribution in [1.82, 2.24) is 9.55 Å². The van der Waals surface area contributed by atoms with Gasteiger partial charge in [0.1, 0.15) is 5.82 Å². The third kappa shape index (κ3) is 3.57. The lowest BCUT2D eigenvalue weighted by molar-refractivity contribution is -0.127. The largest absolute Gasteiger partial charge is 0.381 e. The van der Waals surface area contributed by atoms with Crippen LogP contribution >= 0.6 is 11.8 Å². The van der Waals surface area contributed by atoms with Gasteiger partial charge in [-0.25, -0.2) is 4.98 Å². The summed E-state index contributed by atoms with van der Waals surface area (Å²) in [4.78, 5) is 18.7. The second-order valence-electron chi connectivity index (χ2n) is 7.02. The highest BCUT2D eigenvalue weighted by molar-refractivity contribution is 7.99. The Morgan fingerprint density at radius 3 is 2.21 bits per heavy atom. The SMILES string of the molecule is Cc1nccn1-c1ccc(Sc2ccc(C3(C(N)=O)CCOCC3)cc2)cc1. The number of primary amides is 1. The highest BCUT2D eigenvalue weighted by atomic mass is 32.2. The minimum atomic E-state index is -0.605. The van der Waals surface area contributed by atoms with E-state index < -0.39 is 5.41 Å². The van der Waals surface area contributed by atoms with Gasteiger partial charge in [0, 0.05) is 41.1 Å². The predicted octanol–water partition coefficient (Wildman–Crippen LogP) is 3.87. The Balaban J connectivity index is 1.50. The number of amides is 1. The van der Waals surface area contributed by atoms with Crippen LogP contribution in [-0.4, -0.2) is 28.7 Å². The van der Waals surface area contributed by atoms with Crippen LogP contribution in [0.25, 0.3) is 5.69 Å². The zero-order chi connectivity index (χ0) is 19.6. The first-order valence-electron chi connectivity index (χ1n) is 9.35. The number of hydrogen-bond donors (Lipinski definition) is 1. The minimum Gasteiger partial charge on any atom is -0.381 e. The monoisotopic (exact) mass is 393 g/mol. The molecule has 2 N–H and O–H groups in total. The van der Waals surface area contributed by atoms with E-state index in [0.29, 0.717) is 26.1 Å². The van der Waals surface area contributed by atoms with Gasteiger partial charge >= 0.3 is 0 Å². The fourth-order valence-corrected chi connectivity index (χ4v) is 4.52. The maximum atomic E-state index is 12.2. The number of aryl methyl sites for hydroxylation is 1. The second-order valence-corrected chi connectivity index (χ2v) is 8.17. The molecule has 0 saturated carbocycles. The Bertz CT molecular complexity index is 958. The first-order valence-corrected chi connectivity index (χ1v) is 10.2. The highest BCUT2D eigenvalue weighted by Crippen LogP contribution is 2.36. The maximum absolute atomic E-state index is 12.2. The first-order chi connectivity index (χ1) is 13.6. The number of aromatic nitrogens is 2. The van der Waals surface area contributed by atoms with Gasteiger partial charge in [-0.15, -0.1) is 0 Å². The van der Waals surface area contributed by atoms with E-state index in [0.717, 1.165) is 26.9 Å². The van der Waals surface area contributed by atoms with E-state index in [-0.39, 0.29) is 5.91 Å². The van der Waals surface area contributed by atoms with Crippen LogP contribution in [0.3, 0.4) is 0 Å². The van der Waals surface area contributed by atoms with Crippen molar-refractivity contribution in [1.29, 1.82) is 0 Å². The molecule has 5 nitrogen and oxygen atoms in total. The Kier molecular flexibility index (Phi) is 5.24. The molecule has 0 spiro atoms. The molecule has 0 radical (unpaired) electrons. The van der Waals surface area contributed by atoms with Crippen molar-refractivity contribution in [2.75, 3.05) is 13.2 Å². The fraction of sp³-hybridized carbons (Fsp3) is 0.273. The number of carbonyl (C=O) groups excluding carboxylic acids is 1. The van der Waals surface area contributed by atoms with Gasteiger partial charge in [-0.1, -0.05) is 23.9 Å². The molecule has 1 aliphatic rings. The molecule has 28 heavy (non-hydrogen) atoms. The van der Waals surface area contributed by atoms with Crippen LogP contribution in [0.15, 0.2) is 70.7 Å². The highest BCUT2D eigenvalue weighted by Gasteiger charge is 2.40. The Morgan fingerprint density at radius 2 is 1.68 bits per heavy atom. The molecule has 1 aliphatic heterocycles. The number of hydrogen-bond acceptors (Lipinski definition) is 4. The molecule has 6 heteroatoms. The van der Waals surface area contributed by atoms with Crippen molar-refractivity contribution in [3.05, 3.63) is 72.3 Å². The second kappa shape index (κ2) is 7.81. The lowest BCUT2D eigenvalue weighted by Crippen LogP contribution is -2.45. The molecule has 1 saturated heterocycles. The summed E-state index contributed by atoms with van der Waals surface area (Å²) in [6.45, 7) is 3.13. The van der Waals surface area contributed by atoms with E-state index in [9.17, 15) is 4.79 Å². The Hall–Kier alpha value is -2.57. The van der Waals surface area contributed by atoms with Gasteiger partial charge in [0.2, 0.25) is 5.91 Å². The Morgan fingerprint density at radius 1 is 1.07 bits per heavy atom. The number of carbonyl (C=O) groups is 1. The third-order valence-electron chi connectivity index (χ3n) is 5.40. The van der Waals surface area contributed by atoms with Gasteiger partial charge in [0.25, 0.3) is 0 Å². The lowest BCUT2D eigenvalue weighted by Gasteiger charge is -2.34. The first kappa shape index (κ1) is 18.8. The average molecular weight is 394 g/mol. The molecule has 0 aliphatic carbocycles. The molecule has 2 heterocycles. The van der Waals surface area contributed by atoms with Crippen LogP contribution in [0.5, 0.6) is 0 Å². The molecule has 1 fully saturated rings. The molecule has 0 unspecified atom stereocenters. The average Bonchev–Trinajstić information content (AvgIpc) is 3.15. The fourth-order valence-electron chi connectivity index (χ4n) is 3.70. The maximum Gasteiger partial charge on any atom is 0.228 e. The summed E-state index contributed by atoms with van der Waals surface area (Å²) in [5.41, 5.74) is 7.23. The van der Waals surface area contributed by atoms with Crippen molar-refractivity contribution in [3.63, 3.8) is 0 Å². The number of ether oxygens (including phenoxy) is 1. The zero-order valence-corrected chi connectivity index (χ0v) is 16.6. The van der Waals surface area contributed by atoms with Crippen LogP contribution in [-0.2, 0) is 14.9 Å². The third-order valence-corrected chi connectivity index (χ3v) is 6.42. The molecule has 0 bridgehead atoms. The van der Waals surface area contributed by atoms with E-state index in [4.69, 9.17) is 10.5 Å². The molecule has 4 rings (SSSR count). The molecule has 0 atom stereocenters. The zero-order valence-electron chi connectivity index (χ0n) is 15.8. The summed E-state index contributed by atoms with van der Waals surface area (Å²) >= 11 is 1.69. The van der Waals surface area contributed by atoms with Crippen LogP contribution in [0.2, 0.25) is 0 Å². The van der Waals surface area contributed by atoms with Gasteiger partial charge in [-0.2, -0.15) is 0 Å². The van der Waals surface area contributed by atoms with E-state index >= 15 is 0 Å². The van der Waals surface area contributed by atoms with Crippen molar-refractivity contribution >= 4 is 17.7 Å². The van der Waals surface area contributed by atoms with Gasteiger partial charge < -0.3 is 15.0 Å². The molecule has 144 valence electrons. The predicted molar refractivity (Wildman–Crippen MR) is 110 cm³/mol. The van der Waals surface area contributed by atoms with Crippen molar-refractivity contribution in [2.24, 2.45) is 5.73 Å². The van der Waals surface area contributed by atoms with Crippen LogP contribution in [0.1, 0.15) is 24.2 Å². The lowest BCUT2D eigenvalue weighted by atomic mass is 9.73. The van der Waals surface area contributed by atoms with Crippen LogP contribution in [0, 0.1) is 6.92 Å². The summed E-state index contributed by atoms with van der Waals surface area (Å²) < 4.78 is 7.48. The van der Waals surface area contributed by atoms with Gasteiger partial charge in [-0.05, 0) is 61.7 Å². The molecule has 2 aromatic carbocycles. The van der Waals surface area contributed by atoms with Gasteiger partial charge in [0.05, 0.1) is 5.41 Å². The van der Waals surface area contributed by atoms with Crippen molar-refractivity contribution < 1.29 is 9.53 Å². The smallest absolute Gasteiger partial charge is 0.228 e. The number of nitrogens with two attached hydrogens (primary N) is 1. The minimum absolute atomic E-state index is 0.262. The summed E-state index contributed by atoms with van der Waals surface area (Å²) in [5, 5.41) is 0. The number of rotatable bonds is 5. The summed E-state index contributed by atoms with van der Waals surface area (Å²) in [7, 11) is 0. The van der Waals surface area contributed by atoms with Crippen LogP contribution < -0.4 is 5.73 Å². The molecule has 1 amide bonds. The van der Waals surface area contributed by atoms with E-state index in [1.165, 1.54) is 0 Å². The number of imidazole rings is 1. The topological polar surface area (TPSA) is 70.1 Å². The standard InChI is InChI=1S/C22H23N3O2S/c1-16-24-12-13-25(16)18-4-8-20(9-5-18)28-19-6-2-17(3-7-19)22(21(23)26)10-14-27-15-11-22/h2-9,12-13H,10-11,14-15H2,1H3,(H2,23,26). The summed E-state index contributed by atoms with van der Waals surface area (Å²) in [5.74, 6) is 0.703. The number of benzene rings is 2. The summed E-state index contributed by atoms with van der Waals surface area (Å²) in [6, 6.07) is 16.6. The molecular formula is C22H23N3O2S. The van der Waals surface area contributed by atoms with Crippen molar-refractivity contribution in [2.45, 2.75) is 35.0 Å². The van der Waals surface area contributed by atoms with E-state index in [1.807, 2.05) is 25.3 Å². The number of nitrogens with zero attached hydrogens (tertiary/aromatic N) is 2. The van der Waals surface area contributed by atoms with Crippen LogP contribution in [0.4, 0.5) is 0 Å². The molecule has 3 aromatic rings. The molecular weight excluding hydrogens is 370 g/mol. The normalized spacial score (nSPS) is 16.0. The summed E-state index contributed by atoms with van der Waals surface area (Å²) in [6.07, 6.45) is 5.05. The Labute approximate surface area is 168 Å². The van der Waals surface area contributed by atoms with Gasteiger partial charge in [0.15, 0.2) is 0 Å². The quantitative estimate of drug-likeness (QED) is 0.714. The van der Waals surface area contributed by atoms with Crippen molar-refractivity contribution in [3.8, 4) is 5.69 Å². The molecule has 1 aromatic heterocycles. The van der Waals surface area contributed by atoms with E-state index in [2.05, 4.69) is 45.9 Å². The van der Waals surface area contributed by atoms with E-state index in [1.54, 1.807) is 18.0 Å².